The van der Waals surface area contributed by atoms with Crippen molar-refractivity contribution in [3.63, 3.8) is 0 Å². The van der Waals surface area contributed by atoms with Crippen LogP contribution >= 0.6 is 0 Å². The second-order valence-corrected chi connectivity index (χ2v) is 5.84. The Labute approximate surface area is 136 Å². The highest BCUT2D eigenvalue weighted by Gasteiger charge is 2.15. The monoisotopic (exact) mass is 313 g/mol. The van der Waals surface area contributed by atoms with E-state index in [4.69, 9.17) is 0 Å². The maximum Gasteiger partial charge on any atom is 0.224 e. The van der Waals surface area contributed by atoms with E-state index in [1.165, 1.54) is 0 Å². The largest absolute Gasteiger partial charge is 0.508 e. The van der Waals surface area contributed by atoms with Gasteiger partial charge in [0.1, 0.15) is 5.75 Å². The number of rotatable bonds is 7. The molecule has 0 heterocycles. The number of phenols is 1. The number of benzene rings is 2. The Kier molecular flexibility index (Phi) is 6.18. The fraction of sp³-hybridized carbons (Fsp3) is 0.316. The number of amides is 1. The van der Waals surface area contributed by atoms with Crippen molar-refractivity contribution in [1.82, 2.24) is 5.32 Å². The van der Waals surface area contributed by atoms with E-state index in [-0.39, 0.29) is 24.0 Å². The van der Waals surface area contributed by atoms with Crippen LogP contribution in [0.15, 0.2) is 54.6 Å². The van der Waals surface area contributed by atoms with E-state index < -0.39 is 6.10 Å². The van der Waals surface area contributed by atoms with Crippen LogP contribution in [0, 0.1) is 0 Å². The van der Waals surface area contributed by atoms with Crippen molar-refractivity contribution in [3.05, 3.63) is 65.7 Å². The van der Waals surface area contributed by atoms with E-state index in [1.807, 2.05) is 30.3 Å². The summed E-state index contributed by atoms with van der Waals surface area (Å²) >= 11 is 0. The van der Waals surface area contributed by atoms with Gasteiger partial charge in [-0.05, 0) is 36.6 Å². The number of aromatic hydroxyl groups is 1. The Bertz CT molecular complexity index is 608. The lowest BCUT2D eigenvalue weighted by atomic mass is 9.93. The normalized spacial score (nSPS) is 13.3. The Balaban J connectivity index is 1.92. The molecule has 2 rings (SSSR count). The molecule has 0 bridgehead atoms. The number of hydrogen-bond acceptors (Lipinski definition) is 3. The van der Waals surface area contributed by atoms with Gasteiger partial charge in [-0.15, -0.1) is 0 Å². The fourth-order valence-electron chi connectivity index (χ4n) is 2.57. The zero-order valence-corrected chi connectivity index (χ0v) is 13.3. The third-order valence-corrected chi connectivity index (χ3v) is 3.74. The first-order valence-corrected chi connectivity index (χ1v) is 7.82. The SMILES string of the molecule is CC(O)CC(CNC(=O)Cc1ccc(O)cc1)c1ccccc1. The highest BCUT2D eigenvalue weighted by atomic mass is 16.3. The molecule has 0 aliphatic heterocycles. The Morgan fingerprint density at radius 3 is 2.35 bits per heavy atom. The second kappa shape index (κ2) is 8.34. The zero-order valence-electron chi connectivity index (χ0n) is 13.3. The second-order valence-electron chi connectivity index (χ2n) is 5.84. The van der Waals surface area contributed by atoms with Gasteiger partial charge in [0.25, 0.3) is 0 Å². The van der Waals surface area contributed by atoms with Crippen LogP contribution in [-0.2, 0) is 11.2 Å². The Morgan fingerprint density at radius 2 is 1.74 bits per heavy atom. The Morgan fingerprint density at radius 1 is 1.09 bits per heavy atom. The van der Waals surface area contributed by atoms with Gasteiger partial charge >= 0.3 is 0 Å². The Hall–Kier alpha value is -2.33. The predicted octanol–water partition coefficient (Wildman–Crippen LogP) is 2.61. The van der Waals surface area contributed by atoms with Crippen LogP contribution in [0.4, 0.5) is 0 Å². The van der Waals surface area contributed by atoms with Gasteiger partial charge in [0.2, 0.25) is 5.91 Å². The van der Waals surface area contributed by atoms with Gasteiger partial charge in [0.05, 0.1) is 12.5 Å². The summed E-state index contributed by atoms with van der Waals surface area (Å²) in [5.41, 5.74) is 1.96. The molecule has 0 fully saturated rings. The summed E-state index contributed by atoms with van der Waals surface area (Å²) in [7, 11) is 0. The van der Waals surface area contributed by atoms with Crippen molar-refractivity contribution < 1.29 is 15.0 Å². The topological polar surface area (TPSA) is 69.6 Å². The summed E-state index contributed by atoms with van der Waals surface area (Å²) in [6, 6.07) is 16.5. The van der Waals surface area contributed by atoms with Crippen LogP contribution in [0.1, 0.15) is 30.4 Å². The molecule has 1 amide bonds. The third kappa shape index (κ3) is 5.75. The summed E-state index contributed by atoms with van der Waals surface area (Å²) in [6.07, 6.45) is 0.453. The minimum atomic E-state index is -0.422. The first kappa shape index (κ1) is 17.0. The number of nitrogens with one attached hydrogen (secondary N) is 1. The quantitative estimate of drug-likeness (QED) is 0.736. The number of aliphatic hydroxyl groups excluding tert-OH is 1. The first-order chi connectivity index (χ1) is 11.0. The number of carbonyl (C=O) groups is 1. The van der Waals surface area contributed by atoms with E-state index in [0.717, 1.165) is 11.1 Å². The summed E-state index contributed by atoms with van der Waals surface area (Å²) in [4.78, 5) is 12.1. The van der Waals surface area contributed by atoms with Crippen molar-refractivity contribution in [3.8, 4) is 5.75 Å². The van der Waals surface area contributed by atoms with Crippen molar-refractivity contribution in [2.45, 2.75) is 31.8 Å². The van der Waals surface area contributed by atoms with Gasteiger partial charge in [-0.1, -0.05) is 42.5 Å². The average molecular weight is 313 g/mol. The molecule has 0 spiro atoms. The molecule has 0 aromatic heterocycles. The zero-order chi connectivity index (χ0) is 16.7. The molecule has 3 N–H and O–H groups in total. The maximum atomic E-state index is 12.1. The third-order valence-electron chi connectivity index (χ3n) is 3.74. The number of aliphatic hydroxyl groups is 1. The number of hydrogen-bond donors (Lipinski definition) is 3. The van der Waals surface area contributed by atoms with Gasteiger partial charge in [-0.25, -0.2) is 0 Å². The minimum absolute atomic E-state index is 0.0674. The molecular weight excluding hydrogens is 290 g/mol. The van der Waals surface area contributed by atoms with Crippen LogP contribution in [-0.4, -0.2) is 28.8 Å². The molecule has 0 saturated heterocycles. The molecule has 0 saturated carbocycles. The fourth-order valence-corrected chi connectivity index (χ4v) is 2.57. The maximum absolute atomic E-state index is 12.1. The lowest BCUT2D eigenvalue weighted by Gasteiger charge is -2.19. The van der Waals surface area contributed by atoms with E-state index >= 15 is 0 Å². The van der Waals surface area contributed by atoms with Crippen molar-refractivity contribution >= 4 is 5.91 Å². The highest BCUT2D eigenvalue weighted by Crippen LogP contribution is 2.20. The smallest absolute Gasteiger partial charge is 0.224 e. The van der Waals surface area contributed by atoms with Crippen LogP contribution in [0.3, 0.4) is 0 Å². The summed E-state index contributed by atoms with van der Waals surface area (Å²) < 4.78 is 0. The molecule has 2 atom stereocenters. The van der Waals surface area contributed by atoms with E-state index in [2.05, 4.69) is 5.32 Å². The van der Waals surface area contributed by atoms with Gasteiger partial charge in [-0.3, -0.25) is 4.79 Å². The van der Waals surface area contributed by atoms with Crippen molar-refractivity contribution in [2.24, 2.45) is 0 Å². The van der Waals surface area contributed by atoms with E-state index in [1.54, 1.807) is 31.2 Å². The summed E-state index contributed by atoms with van der Waals surface area (Å²) in [5, 5.41) is 21.9. The lowest BCUT2D eigenvalue weighted by molar-refractivity contribution is -0.120. The standard InChI is InChI=1S/C19H23NO3/c1-14(21)11-17(16-5-3-2-4-6-16)13-20-19(23)12-15-7-9-18(22)10-8-15/h2-10,14,17,21-22H,11-13H2,1H3,(H,20,23). The van der Waals surface area contributed by atoms with Gasteiger partial charge in [0.15, 0.2) is 0 Å². The molecule has 4 nitrogen and oxygen atoms in total. The molecule has 0 aliphatic carbocycles. The lowest BCUT2D eigenvalue weighted by Crippen LogP contribution is -2.30. The molecule has 0 aliphatic rings. The first-order valence-electron chi connectivity index (χ1n) is 7.82. The summed E-state index contributed by atoms with van der Waals surface area (Å²) in [6.45, 7) is 2.25. The molecule has 2 aromatic rings. The average Bonchev–Trinajstić information content (AvgIpc) is 2.54. The van der Waals surface area contributed by atoms with Crippen LogP contribution in [0.5, 0.6) is 5.75 Å². The molecule has 2 unspecified atom stereocenters. The molecule has 0 radical (unpaired) electrons. The van der Waals surface area contributed by atoms with Crippen LogP contribution < -0.4 is 5.32 Å². The van der Waals surface area contributed by atoms with Gasteiger partial charge in [0, 0.05) is 12.5 Å². The van der Waals surface area contributed by atoms with Crippen LogP contribution in [0.25, 0.3) is 0 Å². The molecule has 4 heteroatoms. The predicted molar refractivity (Wildman–Crippen MR) is 90.3 cm³/mol. The highest BCUT2D eigenvalue weighted by molar-refractivity contribution is 5.78. The molecule has 2 aromatic carbocycles. The number of carbonyl (C=O) groups excluding carboxylic acids is 1. The van der Waals surface area contributed by atoms with Gasteiger partial charge < -0.3 is 15.5 Å². The van der Waals surface area contributed by atoms with Crippen molar-refractivity contribution in [1.29, 1.82) is 0 Å². The minimum Gasteiger partial charge on any atom is -0.508 e. The van der Waals surface area contributed by atoms with Crippen molar-refractivity contribution in [2.75, 3.05) is 6.54 Å². The molecule has 23 heavy (non-hydrogen) atoms. The van der Waals surface area contributed by atoms with Crippen LogP contribution in [0.2, 0.25) is 0 Å². The van der Waals surface area contributed by atoms with E-state index in [0.29, 0.717) is 13.0 Å². The van der Waals surface area contributed by atoms with Gasteiger partial charge in [-0.2, -0.15) is 0 Å². The number of phenolic OH excluding ortho intramolecular Hbond substituents is 1. The van der Waals surface area contributed by atoms with E-state index in [9.17, 15) is 15.0 Å². The summed E-state index contributed by atoms with van der Waals surface area (Å²) in [5.74, 6) is 0.206. The molecular formula is C19H23NO3. The molecule has 122 valence electrons.